The van der Waals surface area contributed by atoms with E-state index in [-0.39, 0.29) is 17.6 Å². The molecule has 0 atom stereocenters. The Kier molecular flexibility index (Phi) is 4.25. The van der Waals surface area contributed by atoms with Gasteiger partial charge in [0, 0.05) is 5.41 Å². The van der Waals surface area contributed by atoms with Gasteiger partial charge in [0.2, 0.25) is 0 Å². The summed E-state index contributed by atoms with van der Waals surface area (Å²) < 4.78 is 6.25. The van der Waals surface area contributed by atoms with E-state index in [0.29, 0.717) is 5.04 Å². The van der Waals surface area contributed by atoms with Crippen molar-refractivity contribution in [3.8, 4) is 0 Å². The van der Waals surface area contributed by atoms with E-state index in [9.17, 15) is 5.11 Å². The molecular weight excluding hydrogens is 216 g/mol. The molecule has 1 aliphatic carbocycles. The number of aliphatic hydroxyl groups excluding tert-OH is 1. The van der Waals surface area contributed by atoms with Gasteiger partial charge in [-0.1, -0.05) is 33.6 Å². The Morgan fingerprint density at radius 3 is 2.00 bits per heavy atom. The van der Waals surface area contributed by atoms with Crippen molar-refractivity contribution >= 4 is 9.76 Å². The predicted octanol–water partition coefficient (Wildman–Crippen LogP) is 2.64. The van der Waals surface area contributed by atoms with Crippen molar-refractivity contribution in [1.82, 2.24) is 0 Å². The molecule has 0 aromatic carbocycles. The molecule has 0 aromatic heterocycles. The van der Waals surface area contributed by atoms with Crippen LogP contribution in [0.2, 0.25) is 5.04 Å². The van der Waals surface area contributed by atoms with Crippen LogP contribution in [0.1, 0.15) is 60.3 Å². The molecule has 1 N–H and O–H groups in total. The second-order valence-electron chi connectivity index (χ2n) is 7.01. The summed E-state index contributed by atoms with van der Waals surface area (Å²) in [4.78, 5) is 0. The Morgan fingerprint density at radius 2 is 1.62 bits per heavy atom. The zero-order valence-corrected chi connectivity index (χ0v) is 13.0. The van der Waals surface area contributed by atoms with Gasteiger partial charge in [0.25, 0.3) is 0 Å². The molecule has 96 valence electrons. The molecule has 3 heteroatoms. The molecule has 0 unspecified atom stereocenters. The normalized spacial score (nSPS) is 22.1. The van der Waals surface area contributed by atoms with Gasteiger partial charge in [0.1, 0.15) is 0 Å². The maximum Gasteiger partial charge on any atom is 0.167 e. The van der Waals surface area contributed by atoms with E-state index in [2.05, 4.69) is 34.6 Å². The lowest BCUT2D eigenvalue weighted by Crippen LogP contribution is -2.48. The maximum absolute atomic E-state index is 9.72. The fourth-order valence-electron chi connectivity index (χ4n) is 2.55. The smallest absolute Gasteiger partial charge is 0.167 e. The molecule has 0 aromatic rings. The van der Waals surface area contributed by atoms with Crippen LogP contribution >= 0.6 is 0 Å². The monoisotopic (exact) mass is 244 g/mol. The average molecular weight is 244 g/mol. The maximum atomic E-state index is 9.72. The second kappa shape index (κ2) is 4.79. The molecule has 1 fully saturated rings. The number of hydrogen-bond donors (Lipinski definition) is 1. The SMILES string of the molecule is CC(C)(C)[SiH2]OC(C)(C)C1(CO)CCCC1. The highest BCUT2D eigenvalue weighted by atomic mass is 28.2. The standard InChI is InChI=1S/C13H28O2Si/c1-11(2,3)16-15-12(4,5)13(10-14)8-6-7-9-13/h14H,6-10,16H2,1-5H3. The second-order valence-corrected chi connectivity index (χ2v) is 9.70. The molecule has 1 aliphatic rings. The van der Waals surface area contributed by atoms with Crippen LogP contribution in [-0.2, 0) is 4.43 Å². The van der Waals surface area contributed by atoms with Crippen LogP contribution in [0.25, 0.3) is 0 Å². The molecule has 0 aliphatic heterocycles. The Bertz CT molecular complexity index is 225. The van der Waals surface area contributed by atoms with Gasteiger partial charge in [-0.05, 0) is 31.7 Å². The van der Waals surface area contributed by atoms with Crippen molar-refractivity contribution in [2.24, 2.45) is 5.41 Å². The third-order valence-corrected chi connectivity index (χ3v) is 5.74. The van der Waals surface area contributed by atoms with E-state index < -0.39 is 9.76 Å². The lowest BCUT2D eigenvalue weighted by Gasteiger charge is -2.44. The highest BCUT2D eigenvalue weighted by Gasteiger charge is 2.47. The van der Waals surface area contributed by atoms with Gasteiger partial charge in [-0.15, -0.1) is 0 Å². The summed E-state index contributed by atoms with van der Waals surface area (Å²) in [6, 6.07) is 0. The molecule has 1 saturated carbocycles. The summed E-state index contributed by atoms with van der Waals surface area (Å²) in [5.74, 6) is 0. The first-order chi connectivity index (χ1) is 7.22. The van der Waals surface area contributed by atoms with E-state index in [1.165, 1.54) is 12.8 Å². The third kappa shape index (κ3) is 3.08. The molecule has 0 amide bonds. The lowest BCUT2D eigenvalue weighted by molar-refractivity contribution is -0.0626. The van der Waals surface area contributed by atoms with Crippen molar-refractivity contribution < 1.29 is 9.53 Å². The fourth-order valence-corrected chi connectivity index (χ4v) is 3.65. The first kappa shape index (κ1) is 14.2. The number of hydrogen-bond acceptors (Lipinski definition) is 2. The van der Waals surface area contributed by atoms with E-state index >= 15 is 0 Å². The van der Waals surface area contributed by atoms with Crippen LogP contribution in [-0.4, -0.2) is 27.1 Å². The van der Waals surface area contributed by atoms with Gasteiger partial charge in [0.05, 0.1) is 12.2 Å². The average Bonchev–Trinajstić information content (AvgIpc) is 2.63. The van der Waals surface area contributed by atoms with Crippen LogP contribution in [0.4, 0.5) is 0 Å². The molecule has 0 heterocycles. The Hall–Kier alpha value is 0.137. The summed E-state index contributed by atoms with van der Waals surface area (Å²) in [5, 5.41) is 10.0. The first-order valence-corrected chi connectivity index (χ1v) is 7.76. The van der Waals surface area contributed by atoms with Crippen LogP contribution in [0.3, 0.4) is 0 Å². The van der Waals surface area contributed by atoms with Crippen molar-refractivity contribution in [1.29, 1.82) is 0 Å². The molecule has 0 spiro atoms. The largest absolute Gasteiger partial charge is 0.418 e. The first-order valence-electron chi connectivity index (χ1n) is 6.47. The lowest BCUT2D eigenvalue weighted by atomic mass is 9.73. The zero-order valence-electron chi connectivity index (χ0n) is 11.6. The van der Waals surface area contributed by atoms with Gasteiger partial charge in [-0.3, -0.25) is 0 Å². The highest BCUT2D eigenvalue weighted by Crippen LogP contribution is 2.48. The summed E-state index contributed by atoms with van der Waals surface area (Å²) >= 11 is 0. The summed E-state index contributed by atoms with van der Waals surface area (Å²) in [6.07, 6.45) is 4.72. The Balaban J connectivity index is 2.67. The highest BCUT2D eigenvalue weighted by molar-refractivity contribution is 6.31. The topological polar surface area (TPSA) is 29.5 Å². The minimum absolute atomic E-state index is 0.0191. The quantitative estimate of drug-likeness (QED) is 0.770. The van der Waals surface area contributed by atoms with Crippen molar-refractivity contribution in [3.63, 3.8) is 0 Å². The summed E-state index contributed by atoms with van der Waals surface area (Å²) in [5.41, 5.74) is -0.136. The van der Waals surface area contributed by atoms with Gasteiger partial charge >= 0.3 is 0 Å². The van der Waals surface area contributed by atoms with Crippen LogP contribution in [0, 0.1) is 5.41 Å². The number of aliphatic hydroxyl groups is 1. The van der Waals surface area contributed by atoms with E-state index in [1.54, 1.807) is 0 Å². The Labute approximate surface area is 103 Å². The van der Waals surface area contributed by atoms with Gasteiger partial charge < -0.3 is 9.53 Å². The molecule has 16 heavy (non-hydrogen) atoms. The van der Waals surface area contributed by atoms with Crippen LogP contribution < -0.4 is 0 Å². The minimum atomic E-state index is -0.546. The van der Waals surface area contributed by atoms with Gasteiger partial charge in [0.15, 0.2) is 9.76 Å². The minimum Gasteiger partial charge on any atom is -0.418 e. The van der Waals surface area contributed by atoms with E-state index in [1.807, 2.05) is 0 Å². The molecule has 2 nitrogen and oxygen atoms in total. The van der Waals surface area contributed by atoms with Gasteiger partial charge in [-0.25, -0.2) is 0 Å². The third-order valence-electron chi connectivity index (χ3n) is 4.01. The molecular formula is C13H28O2Si. The Morgan fingerprint density at radius 1 is 1.12 bits per heavy atom. The van der Waals surface area contributed by atoms with Gasteiger partial charge in [-0.2, -0.15) is 0 Å². The predicted molar refractivity (Wildman–Crippen MR) is 71.4 cm³/mol. The summed E-state index contributed by atoms with van der Waals surface area (Å²) in [6.45, 7) is 11.4. The summed E-state index contributed by atoms with van der Waals surface area (Å²) in [7, 11) is -0.546. The van der Waals surface area contributed by atoms with Crippen molar-refractivity contribution in [2.75, 3.05) is 6.61 Å². The van der Waals surface area contributed by atoms with E-state index in [0.717, 1.165) is 12.8 Å². The fraction of sp³-hybridized carbons (Fsp3) is 1.00. The van der Waals surface area contributed by atoms with Crippen molar-refractivity contribution in [2.45, 2.75) is 70.9 Å². The van der Waals surface area contributed by atoms with Crippen molar-refractivity contribution in [3.05, 3.63) is 0 Å². The zero-order chi connectivity index (χ0) is 12.4. The molecule has 0 saturated heterocycles. The molecule has 1 rings (SSSR count). The molecule has 0 bridgehead atoms. The molecule has 0 radical (unpaired) electrons. The van der Waals surface area contributed by atoms with Crippen LogP contribution in [0.15, 0.2) is 0 Å². The number of rotatable bonds is 4. The van der Waals surface area contributed by atoms with Crippen LogP contribution in [0.5, 0.6) is 0 Å². The van der Waals surface area contributed by atoms with E-state index in [4.69, 9.17) is 4.43 Å².